The first-order chi connectivity index (χ1) is 12.3. The summed E-state index contributed by atoms with van der Waals surface area (Å²) in [5.74, 6) is -0.161. The highest BCUT2D eigenvalue weighted by molar-refractivity contribution is 7.94. The van der Waals surface area contributed by atoms with Crippen LogP contribution in [0.3, 0.4) is 0 Å². The highest BCUT2D eigenvalue weighted by Crippen LogP contribution is 2.29. The fourth-order valence-corrected chi connectivity index (χ4v) is 5.10. The van der Waals surface area contributed by atoms with E-state index in [2.05, 4.69) is 10.3 Å². The molecule has 136 valence electrons. The highest BCUT2D eigenvalue weighted by Gasteiger charge is 2.23. The Kier molecular flexibility index (Phi) is 5.32. The van der Waals surface area contributed by atoms with Gasteiger partial charge in [-0.3, -0.25) is 4.79 Å². The number of rotatable bonds is 5. The number of carbonyl (C=O) groups is 1. The van der Waals surface area contributed by atoms with Crippen LogP contribution in [0.4, 0.5) is 5.69 Å². The summed E-state index contributed by atoms with van der Waals surface area (Å²) in [5.41, 5.74) is 2.06. The van der Waals surface area contributed by atoms with Crippen molar-refractivity contribution in [3.8, 4) is 0 Å². The van der Waals surface area contributed by atoms with Crippen molar-refractivity contribution in [2.75, 3.05) is 5.32 Å². The molecule has 0 spiro atoms. The molecule has 26 heavy (non-hydrogen) atoms. The summed E-state index contributed by atoms with van der Waals surface area (Å²) < 4.78 is 25.3. The first-order valence-corrected chi connectivity index (χ1v) is 10.7. The molecule has 1 heterocycles. The molecule has 0 radical (unpaired) electrons. The lowest BCUT2D eigenvalue weighted by molar-refractivity contribution is -0.115. The minimum absolute atomic E-state index is 0.104. The normalized spacial score (nSPS) is 11.8. The molecule has 3 aromatic rings. The summed E-state index contributed by atoms with van der Waals surface area (Å²) >= 11 is 6.95. The molecule has 0 aliphatic carbocycles. The Bertz CT molecular complexity index is 1060. The molecule has 0 atom stereocenters. The van der Waals surface area contributed by atoms with E-state index in [1.807, 2.05) is 0 Å². The van der Waals surface area contributed by atoms with Crippen LogP contribution in [0.25, 0.3) is 10.2 Å². The Morgan fingerprint density at radius 2 is 1.88 bits per heavy atom. The largest absolute Gasteiger partial charge is 0.326 e. The second-order valence-corrected chi connectivity index (χ2v) is 10.3. The van der Waals surface area contributed by atoms with Gasteiger partial charge in [-0.2, -0.15) is 0 Å². The van der Waals surface area contributed by atoms with Crippen LogP contribution in [0.5, 0.6) is 0 Å². The fraction of sp³-hybridized carbons (Fsp3) is 0.222. The molecule has 1 N–H and O–H groups in total. The van der Waals surface area contributed by atoms with Crippen LogP contribution >= 0.6 is 22.9 Å². The monoisotopic (exact) mass is 408 g/mol. The molecule has 0 aliphatic rings. The van der Waals surface area contributed by atoms with Crippen LogP contribution < -0.4 is 5.32 Å². The first-order valence-electron chi connectivity index (χ1n) is 7.94. The van der Waals surface area contributed by atoms with Crippen molar-refractivity contribution in [1.82, 2.24) is 4.98 Å². The first kappa shape index (κ1) is 18.8. The number of fused-ring (bicyclic) bond motifs is 1. The zero-order chi connectivity index (χ0) is 18.9. The second-order valence-electron chi connectivity index (χ2n) is 6.11. The van der Waals surface area contributed by atoms with E-state index in [9.17, 15) is 13.2 Å². The molecule has 0 saturated heterocycles. The van der Waals surface area contributed by atoms with Gasteiger partial charge in [0, 0.05) is 10.7 Å². The number of amides is 1. The summed E-state index contributed by atoms with van der Waals surface area (Å²) in [6.07, 6.45) is 0.227. The predicted octanol–water partition coefficient (Wildman–Crippen LogP) is 4.31. The lowest BCUT2D eigenvalue weighted by Crippen LogP contribution is -2.14. The Labute approximate surface area is 160 Å². The van der Waals surface area contributed by atoms with Crippen molar-refractivity contribution < 1.29 is 13.2 Å². The van der Waals surface area contributed by atoms with Crippen LogP contribution in [0.2, 0.25) is 5.02 Å². The molecule has 0 unspecified atom stereocenters. The van der Waals surface area contributed by atoms with Gasteiger partial charge in [0.25, 0.3) is 0 Å². The van der Waals surface area contributed by atoms with Crippen LogP contribution in [0.15, 0.2) is 46.8 Å². The predicted molar refractivity (Wildman–Crippen MR) is 106 cm³/mol. The molecule has 0 fully saturated rings. The van der Waals surface area contributed by atoms with Crippen LogP contribution in [-0.4, -0.2) is 24.6 Å². The molecule has 0 aliphatic heterocycles. The third-order valence-corrected chi connectivity index (χ3v) is 7.63. The summed E-state index contributed by atoms with van der Waals surface area (Å²) in [6, 6.07) is 12.3. The number of benzene rings is 2. The van der Waals surface area contributed by atoms with Gasteiger partial charge in [-0.05, 0) is 49.7 Å². The quantitative estimate of drug-likeness (QED) is 0.682. The third kappa shape index (κ3) is 4.06. The number of anilines is 1. The van der Waals surface area contributed by atoms with E-state index in [0.29, 0.717) is 20.9 Å². The number of nitrogens with zero attached hydrogens (tertiary/aromatic N) is 1. The van der Waals surface area contributed by atoms with E-state index in [1.165, 1.54) is 0 Å². The zero-order valence-corrected chi connectivity index (χ0v) is 16.6. The van der Waals surface area contributed by atoms with Crippen LogP contribution in [0, 0.1) is 0 Å². The van der Waals surface area contributed by atoms with E-state index >= 15 is 0 Å². The molecular formula is C18H17ClN2O3S2. The smallest absolute Gasteiger partial charge is 0.228 e. The van der Waals surface area contributed by atoms with Gasteiger partial charge in [0.15, 0.2) is 0 Å². The van der Waals surface area contributed by atoms with Crippen molar-refractivity contribution in [2.24, 2.45) is 0 Å². The highest BCUT2D eigenvalue weighted by atomic mass is 35.5. The molecule has 1 aromatic heterocycles. The molecule has 1 amide bonds. The van der Waals surface area contributed by atoms with Gasteiger partial charge in [-0.25, -0.2) is 13.4 Å². The van der Waals surface area contributed by atoms with E-state index < -0.39 is 15.1 Å². The standard InChI is InChI=1S/C18H17ClN2O3S2/c1-11(2)26(23,24)18-21-15-8-7-14(10-16(15)25-18)20-17(22)9-12-3-5-13(19)6-4-12/h3-8,10-11H,9H2,1-2H3,(H,20,22). The summed E-state index contributed by atoms with van der Waals surface area (Å²) in [4.78, 5) is 16.4. The van der Waals surface area contributed by atoms with E-state index in [4.69, 9.17) is 11.6 Å². The lowest BCUT2D eigenvalue weighted by Gasteiger charge is -2.05. The number of carbonyl (C=O) groups excluding carboxylic acids is 1. The second kappa shape index (κ2) is 7.34. The maximum atomic E-state index is 12.3. The summed E-state index contributed by atoms with van der Waals surface area (Å²) in [5, 5.41) is 2.92. The fourth-order valence-electron chi connectivity index (χ4n) is 2.30. The number of thiazole rings is 1. The average Bonchev–Trinajstić information content (AvgIpc) is 3.01. The van der Waals surface area contributed by atoms with Crippen molar-refractivity contribution in [1.29, 1.82) is 0 Å². The van der Waals surface area contributed by atoms with Gasteiger partial charge >= 0.3 is 0 Å². The van der Waals surface area contributed by atoms with Crippen molar-refractivity contribution in [3.63, 3.8) is 0 Å². The molecule has 2 aromatic carbocycles. The van der Waals surface area contributed by atoms with E-state index in [-0.39, 0.29) is 16.7 Å². The van der Waals surface area contributed by atoms with Gasteiger partial charge in [0.1, 0.15) is 0 Å². The Balaban J connectivity index is 1.78. The minimum Gasteiger partial charge on any atom is -0.326 e. The van der Waals surface area contributed by atoms with Gasteiger partial charge in [-0.15, -0.1) is 11.3 Å². The minimum atomic E-state index is -3.41. The van der Waals surface area contributed by atoms with Crippen molar-refractivity contribution in [2.45, 2.75) is 29.9 Å². The zero-order valence-electron chi connectivity index (χ0n) is 14.2. The van der Waals surface area contributed by atoms with Gasteiger partial charge in [-0.1, -0.05) is 23.7 Å². The average molecular weight is 409 g/mol. The lowest BCUT2D eigenvalue weighted by atomic mass is 10.1. The van der Waals surface area contributed by atoms with Crippen LogP contribution in [0.1, 0.15) is 19.4 Å². The maximum Gasteiger partial charge on any atom is 0.228 e. The van der Waals surface area contributed by atoms with E-state index in [1.54, 1.807) is 56.3 Å². The molecule has 8 heteroatoms. The molecule has 5 nitrogen and oxygen atoms in total. The number of aromatic nitrogens is 1. The number of hydrogen-bond donors (Lipinski definition) is 1. The topological polar surface area (TPSA) is 76.1 Å². The van der Waals surface area contributed by atoms with Crippen molar-refractivity contribution >= 4 is 54.6 Å². The number of nitrogens with one attached hydrogen (secondary N) is 1. The molecule has 0 bridgehead atoms. The maximum absolute atomic E-state index is 12.3. The Morgan fingerprint density at radius 3 is 2.54 bits per heavy atom. The molecular weight excluding hydrogens is 392 g/mol. The van der Waals surface area contributed by atoms with Crippen LogP contribution in [-0.2, 0) is 21.1 Å². The molecule has 0 saturated carbocycles. The molecule has 3 rings (SSSR count). The van der Waals surface area contributed by atoms with Crippen molar-refractivity contribution in [3.05, 3.63) is 53.1 Å². The number of halogens is 1. The van der Waals surface area contributed by atoms with Gasteiger partial charge < -0.3 is 5.32 Å². The van der Waals surface area contributed by atoms with E-state index in [0.717, 1.165) is 16.9 Å². The Hall–Kier alpha value is -1.96. The summed E-state index contributed by atoms with van der Waals surface area (Å²) in [6.45, 7) is 3.26. The van der Waals surface area contributed by atoms with Gasteiger partial charge in [0.05, 0.1) is 21.9 Å². The summed E-state index contributed by atoms with van der Waals surface area (Å²) in [7, 11) is -3.41. The third-order valence-electron chi connectivity index (χ3n) is 3.79. The number of sulfone groups is 1. The number of hydrogen-bond acceptors (Lipinski definition) is 5. The Morgan fingerprint density at radius 1 is 1.19 bits per heavy atom. The SMILES string of the molecule is CC(C)S(=O)(=O)c1nc2ccc(NC(=O)Cc3ccc(Cl)cc3)cc2s1. The van der Waals surface area contributed by atoms with Gasteiger partial charge in [0.2, 0.25) is 20.1 Å².